The van der Waals surface area contributed by atoms with Gasteiger partial charge in [0.2, 0.25) is 15.9 Å². The predicted octanol–water partition coefficient (Wildman–Crippen LogP) is 2.59. The van der Waals surface area contributed by atoms with Crippen LogP contribution in [0.2, 0.25) is 0 Å². The number of amides is 1. The normalized spacial score (nSPS) is 11.5. The maximum absolute atomic E-state index is 12.2. The van der Waals surface area contributed by atoms with E-state index in [1.807, 2.05) is 48.8 Å². The summed E-state index contributed by atoms with van der Waals surface area (Å²) in [6.07, 6.45) is 2.00. The summed E-state index contributed by atoms with van der Waals surface area (Å²) in [5.74, 6) is -0.141. The van der Waals surface area contributed by atoms with Gasteiger partial charge in [-0.2, -0.15) is 0 Å². The number of carbonyl (C=O) groups is 1. The topological polar surface area (TPSA) is 107 Å². The molecule has 0 fully saturated rings. The second kappa shape index (κ2) is 8.71. The number of rotatable bonds is 7. The minimum absolute atomic E-state index is 0.0282. The van der Waals surface area contributed by atoms with Crippen molar-refractivity contribution in [2.45, 2.75) is 24.4 Å². The lowest BCUT2D eigenvalue weighted by molar-refractivity contribution is -0.120. The highest BCUT2D eigenvalue weighted by molar-refractivity contribution is 7.89. The Kier molecular flexibility index (Phi) is 5.83. The van der Waals surface area contributed by atoms with Gasteiger partial charge in [-0.1, -0.05) is 48.5 Å². The molecule has 0 saturated heterocycles. The van der Waals surface area contributed by atoms with Gasteiger partial charge in [-0.3, -0.25) is 4.79 Å². The molecule has 0 aliphatic heterocycles. The van der Waals surface area contributed by atoms with Crippen molar-refractivity contribution in [3.63, 3.8) is 0 Å². The van der Waals surface area contributed by atoms with Crippen molar-refractivity contribution in [2.24, 2.45) is 5.14 Å². The first-order chi connectivity index (χ1) is 14.9. The number of carbonyl (C=O) groups excluding carboxylic acids is 1. The Morgan fingerprint density at radius 3 is 2.26 bits per heavy atom. The first-order valence-electron chi connectivity index (χ1n) is 9.74. The Balaban J connectivity index is 1.31. The van der Waals surface area contributed by atoms with E-state index in [0.717, 1.165) is 28.7 Å². The summed E-state index contributed by atoms with van der Waals surface area (Å²) in [5.41, 5.74) is 4.93. The van der Waals surface area contributed by atoms with Crippen LogP contribution in [0.1, 0.15) is 16.7 Å². The molecular formula is C23H22N4O3S. The molecule has 1 heterocycles. The van der Waals surface area contributed by atoms with Crippen molar-refractivity contribution in [3.05, 3.63) is 95.8 Å². The molecule has 1 aromatic heterocycles. The molecule has 8 heteroatoms. The van der Waals surface area contributed by atoms with Crippen molar-refractivity contribution >= 4 is 27.0 Å². The Labute approximate surface area is 180 Å². The molecule has 0 saturated carbocycles. The number of hydrogen-bond acceptors (Lipinski definition) is 4. The van der Waals surface area contributed by atoms with Gasteiger partial charge in [0.1, 0.15) is 0 Å². The standard InChI is InChI=1S/C23H22N4O3S/c24-31(29,30)20-11-9-17(10-12-20)13-23(28)25-14-18-5-7-19(8-6-18)15-27-16-26-21-3-1-2-4-22(21)27/h1-12,16H,13-15H2,(H,25,28)(H2,24,29,30). The molecule has 3 N–H and O–H groups in total. The van der Waals surface area contributed by atoms with E-state index < -0.39 is 10.0 Å². The Morgan fingerprint density at radius 2 is 1.55 bits per heavy atom. The molecule has 7 nitrogen and oxygen atoms in total. The van der Waals surface area contributed by atoms with E-state index in [2.05, 4.69) is 20.9 Å². The molecule has 0 radical (unpaired) electrons. The number of primary sulfonamides is 1. The van der Waals surface area contributed by atoms with Crippen molar-refractivity contribution in [1.29, 1.82) is 0 Å². The van der Waals surface area contributed by atoms with E-state index in [0.29, 0.717) is 12.1 Å². The number of hydrogen-bond donors (Lipinski definition) is 2. The number of benzene rings is 3. The Morgan fingerprint density at radius 1 is 0.903 bits per heavy atom. The summed E-state index contributed by atoms with van der Waals surface area (Å²) >= 11 is 0. The molecule has 0 atom stereocenters. The van der Waals surface area contributed by atoms with Crippen LogP contribution in [0.25, 0.3) is 11.0 Å². The summed E-state index contributed by atoms with van der Waals surface area (Å²) in [7, 11) is -3.73. The summed E-state index contributed by atoms with van der Waals surface area (Å²) < 4.78 is 24.7. The summed E-state index contributed by atoms with van der Waals surface area (Å²) in [4.78, 5) is 16.6. The van der Waals surface area contributed by atoms with Crippen molar-refractivity contribution in [3.8, 4) is 0 Å². The lowest BCUT2D eigenvalue weighted by atomic mass is 10.1. The van der Waals surface area contributed by atoms with Crippen LogP contribution in [0, 0.1) is 0 Å². The summed E-state index contributed by atoms with van der Waals surface area (Å²) in [5, 5.41) is 7.97. The second-order valence-electron chi connectivity index (χ2n) is 7.32. The SMILES string of the molecule is NS(=O)(=O)c1ccc(CC(=O)NCc2ccc(Cn3cnc4ccccc43)cc2)cc1. The first kappa shape index (κ1) is 20.8. The highest BCUT2D eigenvalue weighted by Crippen LogP contribution is 2.15. The molecule has 3 aromatic carbocycles. The van der Waals surface area contributed by atoms with Crippen LogP contribution < -0.4 is 10.5 Å². The van der Waals surface area contributed by atoms with Gasteiger partial charge in [-0.05, 0) is 41.0 Å². The van der Waals surface area contributed by atoms with E-state index in [9.17, 15) is 13.2 Å². The average Bonchev–Trinajstić information content (AvgIpc) is 3.16. The van der Waals surface area contributed by atoms with Crippen LogP contribution in [-0.4, -0.2) is 23.9 Å². The molecule has 0 spiro atoms. The molecule has 4 rings (SSSR count). The third-order valence-electron chi connectivity index (χ3n) is 5.01. The van der Waals surface area contributed by atoms with Gasteiger partial charge < -0.3 is 9.88 Å². The zero-order valence-electron chi connectivity index (χ0n) is 16.7. The quantitative estimate of drug-likeness (QED) is 0.466. The van der Waals surface area contributed by atoms with E-state index in [1.165, 1.54) is 12.1 Å². The molecule has 158 valence electrons. The number of nitrogens with one attached hydrogen (secondary N) is 1. The molecule has 0 aliphatic rings. The zero-order chi connectivity index (χ0) is 21.8. The molecule has 4 aromatic rings. The lowest BCUT2D eigenvalue weighted by Crippen LogP contribution is -2.24. The van der Waals surface area contributed by atoms with Crippen molar-refractivity contribution < 1.29 is 13.2 Å². The molecule has 0 bridgehead atoms. The number of sulfonamides is 1. The van der Waals surface area contributed by atoms with Crippen LogP contribution in [0.5, 0.6) is 0 Å². The van der Waals surface area contributed by atoms with Gasteiger partial charge in [0, 0.05) is 13.1 Å². The fraction of sp³-hybridized carbons (Fsp3) is 0.130. The smallest absolute Gasteiger partial charge is 0.238 e. The van der Waals surface area contributed by atoms with Crippen LogP contribution >= 0.6 is 0 Å². The van der Waals surface area contributed by atoms with Crippen LogP contribution in [0.15, 0.2) is 84.0 Å². The van der Waals surface area contributed by atoms with Gasteiger partial charge in [-0.25, -0.2) is 18.5 Å². The molecular weight excluding hydrogens is 412 g/mol. The highest BCUT2D eigenvalue weighted by atomic mass is 32.2. The number of fused-ring (bicyclic) bond motifs is 1. The third kappa shape index (κ3) is 5.17. The van der Waals surface area contributed by atoms with Gasteiger partial charge >= 0.3 is 0 Å². The predicted molar refractivity (Wildman–Crippen MR) is 119 cm³/mol. The fourth-order valence-electron chi connectivity index (χ4n) is 3.34. The Bertz CT molecular complexity index is 1310. The van der Waals surface area contributed by atoms with Crippen molar-refractivity contribution in [1.82, 2.24) is 14.9 Å². The van der Waals surface area contributed by atoms with Gasteiger partial charge in [0.25, 0.3) is 0 Å². The Hall–Kier alpha value is -3.49. The molecule has 0 aliphatic carbocycles. The number of imidazole rings is 1. The van der Waals surface area contributed by atoms with E-state index in [-0.39, 0.29) is 17.2 Å². The maximum atomic E-state index is 12.2. The number of nitrogens with two attached hydrogens (primary N) is 1. The number of para-hydroxylation sites is 2. The third-order valence-corrected chi connectivity index (χ3v) is 5.94. The van der Waals surface area contributed by atoms with Crippen LogP contribution in [-0.2, 0) is 34.3 Å². The number of nitrogens with zero attached hydrogens (tertiary/aromatic N) is 2. The zero-order valence-corrected chi connectivity index (χ0v) is 17.5. The molecule has 1 amide bonds. The summed E-state index contributed by atoms with van der Waals surface area (Å²) in [6, 6.07) is 22.1. The minimum Gasteiger partial charge on any atom is -0.352 e. The highest BCUT2D eigenvalue weighted by Gasteiger charge is 2.09. The maximum Gasteiger partial charge on any atom is 0.238 e. The van der Waals surface area contributed by atoms with Crippen LogP contribution in [0.3, 0.4) is 0 Å². The van der Waals surface area contributed by atoms with E-state index in [4.69, 9.17) is 5.14 Å². The first-order valence-corrected chi connectivity index (χ1v) is 11.3. The summed E-state index contributed by atoms with van der Waals surface area (Å²) in [6.45, 7) is 1.14. The fourth-order valence-corrected chi connectivity index (χ4v) is 3.86. The average molecular weight is 435 g/mol. The monoisotopic (exact) mass is 434 g/mol. The van der Waals surface area contributed by atoms with Gasteiger partial charge in [0.05, 0.1) is 28.7 Å². The van der Waals surface area contributed by atoms with E-state index >= 15 is 0 Å². The molecule has 31 heavy (non-hydrogen) atoms. The van der Waals surface area contributed by atoms with E-state index in [1.54, 1.807) is 12.1 Å². The largest absolute Gasteiger partial charge is 0.352 e. The van der Waals surface area contributed by atoms with Crippen LogP contribution in [0.4, 0.5) is 0 Å². The number of aromatic nitrogens is 2. The second-order valence-corrected chi connectivity index (χ2v) is 8.88. The minimum atomic E-state index is -3.73. The van der Waals surface area contributed by atoms with Gasteiger partial charge in [0.15, 0.2) is 0 Å². The van der Waals surface area contributed by atoms with Crippen molar-refractivity contribution in [2.75, 3.05) is 0 Å². The molecule has 0 unspecified atom stereocenters. The lowest BCUT2D eigenvalue weighted by Gasteiger charge is -2.08. The van der Waals surface area contributed by atoms with Gasteiger partial charge in [-0.15, -0.1) is 0 Å².